The Kier molecular flexibility index (Phi) is 10.4. The van der Waals surface area contributed by atoms with E-state index in [4.69, 9.17) is 0 Å². The van der Waals surface area contributed by atoms with Gasteiger partial charge in [-0.2, -0.15) is 13.2 Å². The van der Waals surface area contributed by atoms with Crippen LogP contribution in [0.5, 0.6) is 0 Å². The number of allylic oxidation sites excluding steroid dienone is 1. The Bertz CT molecular complexity index is 550. The number of ether oxygens (including phenoxy) is 1. The fourth-order valence-electron chi connectivity index (χ4n) is 3.00. The summed E-state index contributed by atoms with van der Waals surface area (Å²) in [6, 6.07) is 0. The molecule has 1 rings (SSSR count). The smallest absolute Gasteiger partial charge is 0.428 e. The summed E-state index contributed by atoms with van der Waals surface area (Å²) in [7, 11) is 0. The summed E-state index contributed by atoms with van der Waals surface area (Å²) in [6.07, 6.45) is 5.71. The largest absolute Gasteiger partial charge is 0.454 e. The molecule has 0 aromatic heterocycles. The van der Waals surface area contributed by atoms with Crippen LogP contribution in [-0.2, 0) is 14.3 Å². The molecule has 0 spiro atoms. The number of alkyl halides is 3. The zero-order valence-corrected chi connectivity index (χ0v) is 15.8. The first-order valence-corrected chi connectivity index (χ1v) is 9.68. The van der Waals surface area contributed by atoms with Gasteiger partial charge in [0.05, 0.1) is 0 Å². The molecule has 7 heteroatoms. The summed E-state index contributed by atoms with van der Waals surface area (Å²) in [5, 5.41) is 9.66. The second-order valence-electron chi connectivity index (χ2n) is 6.85. The second-order valence-corrected chi connectivity index (χ2v) is 6.85. The van der Waals surface area contributed by atoms with Gasteiger partial charge in [-0.3, -0.25) is 4.79 Å². The zero-order chi connectivity index (χ0) is 20.3. The number of aliphatic hydroxyl groups is 1. The molecular weight excluding hydrogens is 361 g/mol. The van der Waals surface area contributed by atoms with Gasteiger partial charge in [0.25, 0.3) is 5.78 Å². The number of cyclic esters (lactones) is 1. The molecule has 0 saturated carbocycles. The van der Waals surface area contributed by atoms with Crippen molar-refractivity contribution in [3.63, 3.8) is 0 Å². The van der Waals surface area contributed by atoms with Crippen LogP contribution in [0.2, 0.25) is 0 Å². The molecule has 0 bridgehead atoms. The van der Waals surface area contributed by atoms with Gasteiger partial charge in [-0.1, -0.05) is 64.7 Å². The molecule has 27 heavy (non-hydrogen) atoms. The van der Waals surface area contributed by atoms with Crippen molar-refractivity contribution >= 4 is 11.8 Å². The highest BCUT2D eigenvalue weighted by Crippen LogP contribution is 2.28. The maximum absolute atomic E-state index is 12.5. The van der Waals surface area contributed by atoms with E-state index in [0.717, 1.165) is 31.8 Å². The standard InChI is InChI=1S/C20H29F3O4/c1-2-3-4-5-6-7-8-9-10-11-12-15(13-17(24)20(21,22)23)16-14-18(25)27-19(16)26/h13-14,19,26H,2-12H2,1H3/b15-13-. The van der Waals surface area contributed by atoms with Gasteiger partial charge in [0.1, 0.15) is 0 Å². The van der Waals surface area contributed by atoms with Crippen molar-refractivity contribution in [3.8, 4) is 0 Å². The van der Waals surface area contributed by atoms with Gasteiger partial charge in [0.2, 0.25) is 6.29 Å². The molecule has 1 atom stereocenters. The molecule has 0 fully saturated rings. The highest BCUT2D eigenvalue weighted by atomic mass is 19.4. The average molecular weight is 390 g/mol. The second kappa shape index (κ2) is 12.0. The molecule has 0 saturated heterocycles. The molecule has 1 heterocycles. The Hall–Kier alpha value is -1.63. The summed E-state index contributed by atoms with van der Waals surface area (Å²) in [4.78, 5) is 22.5. The van der Waals surface area contributed by atoms with E-state index >= 15 is 0 Å². The van der Waals surface area contributed by atoms with Gasteiger partial charge in [0.15, 0.2) is 0 Å². The number of halogens is 3. The first-order chi connectivity index (χ1) is 12.8. The van der Waals surface area contributed by atoms with E-state index in [2.05, 4.69) is 11.7 Å². The number of aliphatic hydroxyl groups excluding tert-OH is 1. The lowest BCUT2D eigenvalue weighted by Crippen LogP contribution is -2.21. The summed E-state index contributed by atoms with van der Waals surface area (Å²) < 4.78 is 42.1. The lowest BCUT2D eigenvalue weighted by molar-refractivity contribution is -0.165. The first-order valence-electron chi connectivity index (χ1n) is 9.68. The predicted octanol–water partition coefficient (Wildman–Crippen LogP) is 5.16. The van der Waals surface area contributed by atoms with E-state index in [-0.39, 0.29) is 17.6 Å². The van der Waals surface area contributed by atoms with Gasteiger partial charge in [-0.25, -0.2) is 4.79 Å². The van der Waals surface area contributed by atoms with Crippen LogP contribution in [0.4, 0.5) is 13.2 Å². The molecule has 154 valence electrons. The maximum Gasteiger partial charge on any atom is 0.454 e. The number of hydrogen-bond acceptors (Lipinski definition) is 4. The van der Waals surface area contributed by atoms with Crippen molar-refractivity contribution < 1.29 is 32.6 Å². The molecule has 0 aliphatic carbocycles. The van der Waals surface area contributed by atoms with E-state index < -0.39 is 24.2 Å². The molecule has 0 aromatic carbocycles. The minimum absolute atomic E-state index is 0.00948. The predicted molar refractivity (Wildman–Crippen MR) is 95.8 cm³/mol. The third-order valence-corrected chi connectivity index (χ3v) is 4.52. The normalized spacial score (nSPS) is 17.8. The van der Waals surface area contributed by atoms with Crippen LogP contribution in [0, 0.1) is 0 Å². The van der Waals surface area contributed by atoms with E-state index in [1.54, 1.807) is 0 Å². The van der Waals surface area contributed by atoms with Crippen LogP contribution >= 0.6 is 0 Å². The number of hydrogen-bond donors (Lipinski definition) is 1. The van der Waals surface area contributed by atoms with Crippen molar-refractivity contribution in [1.29, 1.82) is 0 Å². The van der Waals surface area contributed by atoms with Gasteiger partial charge in [0, 0.05) is 11.6 Å². The average Bonchev–Trinajstić information content (AvgIpc) is 2.92. The Balaban J connectivity index is 2.45. The van der Waals surface area contributed by atoms with Crippen molar-refractivity contribution in [3.05, 3.63) is 23.3 Å². The Labute approximate surface area is 158 Å². The van der Waals surface area contributed by atoms with Crippen LogP contribution in [0.1, 0.15) is 77.6 Å². The highest BCUT2D eigenvalue weighted by Gasteiger charge is 2.37. The van der Waals surface area contributed by atoms with E-state index in [1.807, 2.05) is 0 Å². The summed E-state index contributed by atoms with van der Waals surface area (Å²) >= 11 is 0. The Morgan fingerprint density at radius 2 is 1.59 bits per heavy atom. The summed E-state index contributed by atoms with van der Waals surface area (Å²) in [5.41, 5.74) is -0.0521. The van der Waals surface area contributed by atoms with E-state index in [1.165, 1.54) is 32.1 Å². The minimum atomic E-state index is -4.99. The number of ketones is 1. The van der Waals surface area contributed by atoms with Gasteiger partial charge >= 0.3 is 12.1 Å². The van der Waals surface area contributed by atoms with Crippen molar-refractivity contribution in [2.75, 3.05) is 0 Å². The number of carbonyl (C=O) groups excluding carboxylic acids is 2. The highest BCUT2D eigenvalue weighted by molar-refractivity contribution is 5.96. The van der Waals surface area contributed by atoms with Crippen molar-refractivity contribution in [2.24, 2.45) is 0 Å². The maximum atomic E-state index is 12.5. The monoisotopic (exact) mass is 390 g/mol. The number of unbranched alkanes of at least 4 members (excludes halogenated alkanes) is 9. The third kappa shape index (κ3) is 9.22. The molecule has 0 aromatic rings. The van der Waals surface area contributed by atoms with Gasteiger partial charge < -0.3 is 9.84 Å². The van der Waals surface area contributed by atoms with Crippen molar-refractivity contribution in [2.45, 2.75) is 90.0 Å². The molecule has 1 aliphatic heterocycles. The van der Waals surface area contributed by atoms with Crippen LogP contribution in [0.3, 0.4) is 0 Å². The fourth-order valence-corrected chi connectivity index (χ4v) is 3.00. The Morgan fingerprint density at radius 3 is 2.04 bits per heavy atom. The van der Waals surface area contributed by atoms with Crippen LogP contribution < -0.4 is 0 Å². The lowest BCUT2D eigenvalue weighted by Gasteiger charge is -2.12. The zero-order valence-electron chi connectivity index (χ0n) is 15.8. The van der Waals surface area contributed by atoms with Crippen LogP contribution in [-0.4, -0.2) is 29.3 Å². The molecule has 0 radical (unpaired) electrons. The van der Waals surface area contributed by atoms with Gasteiger partial charge in [-0.05, 0) is 24.5 Å². The molecule has 1 unspecified atom stereocenters. The topological polar surface area (TPSA) is 63.6 Å². The van der Waals surface area contributed by atoms with E-state index in [0.29, 0.717) is 12.5 Å². The number of carbonyl (C=O) groups is 2. The molecule has 1 aliphatic rings. The minimum Gasteiger partial charge on any atom is -0.428 e. The van der Waals surface area contributed by atoms with Gasteiger partial charge in [-0.15, -0.1) is 0 Å². The first kappa shape index (κ1) is 23.4. The Morgan fingerprint density at radius 1 is 1.07 bits per heavy atom. The molecule has 1 N–H and O–H groups in total. The molecular formula is C20H29F3O4. The van der Waals surface area contributed by atoms with Crippen LogP contribution in [0.15, 0.2) is 23.3 Å². The summed E-state index contributed by atoms with van der Waals surface area (Å²) in [6.45, 7) is 2.17. The van der Waals surface area contributed by atoms with E-state index in [9.17, 15) is 27.9 Å². The molecule has 4 nitrogen and oxygen atoms in total. The third-order valence-electron chi connectivity index (χ3n) is 4.52. The summed E-state index contributed by atoms with van der Waals surface area (Å²) in [5.74, 6) is -2.83. The van der Waals surface area contributed by atoms with Crippen molar-refractivity contribution in [1.82, 2.24) is 0 Å². The number of esters is 1. The quantitative estimate of drug-likeness (QED) is 0.268. The SMILES string of the molecule is CCCCCCCCCCCC/C(=C/C(=O)C(F)(F)F)C1=CC(=O)OC1O. The lowest BCUT2D eigenvalue weighted by atomic mass is 9.97. The van der Waals surface area contributed by atoms with Crippen LogP contribution in [0.25, 0.3) is 0 Å². The fraction of sp³-hybridized carbons (Fsp3) is 0.700. The molecule has 0 amide bonds. The number of rotatable bonds is 13.